The van der Waals surface area contributed by atoms with E-state index in [0.29, 0.717) is 30.6 Å². The standard InChI is InChI=1S/C23H30O5/c1-14(2)18-13-19(24)22(4)20(12-15(3)10-11-23(18,22)26)28-21(25)16-6-8-17(27-5)9-7-16/h6-9,12,14,18,20,26H,10-11,13H2,1-5H3/t18-,20+,22+,23-/m0/s1. The monoisotopic (exact) mass is 386 g/mol. The minimum Gasteiger partial charge on any atom is -0.497 e. The number of rotatable bonds is 4. The number of carbonyl (C=O) groups is 2. The number of allylic oxidation sites excluding steroid dienone is 1. The molecule has 3 rings (SSSR count). The van der Waals surface area contributed by atoms with Gasteiger partial charge in [0.15, 0.2) is 0 Å². The van der Waals surface area contributed by atoms with E-state index < -0.39 is 23.1 Å². The molecule has 5 nitrogen and oxygen atoms in total. The van der Waals surface area contributed by atoms with Crippen LogP contribution in [0, 0.1) is 17.3 Å². The number of esters is 1. The maximum absolute atomic E-state index is 13.1. The van der Waals surface area contributed by atoms with Crippen LogP contribution in [0.4, 0.5) is 0 Å². The molecule has 1 aromatic carbocycles. The second kappa shape index (κ2) is 7.36. The van der Waals surface area contributed by atoms with Crippen molar-refractivity contribution in [2.24, 2.45) is 17.3 Å². The number of ketones is 1. The summed E-state index contributed by atoms with van der Waals surface area (Å²) in [5, 5.41) is 11.7. The quantitative estimate of drug-likeness (QED) is 0.627. The van der Waals surface area contributed by atoms with Gasteiger partial charge in [-0.3, -0.25) is 4.79 Å². The maximum atomic E-state index is 13.1. The Morgan fingerprint density at radius 2 is 1.89 bits per heavy atom. The lowest BCUT2D eigenvalue weighted by molar-refractivity contribution is -0.155. The van der Waals surface area contributed by atoms with E-state index in [1.165, 1.54) is 0 Å². The van der Waals surface area contributed by atoms with Gasteiger partial charge in [0, 0.05) is 6.42 Å². The molecule has 0 spiro atoms. The molecule has 0 aromatic heterocycles. The van der Waals surface area contributed by atoms with Crippen LogP contribution in [0.1, 0.15) is 57.3 Å². The average molecular weight is 386 g/mol. The number of fused-ring (bicyclic) bond motifs is 1. The lowest BCUT2D eigenvalue weighted by Crippen LogP contribution is -2.56. The zero-order valence-corrected chi connectivity index (χ0v) is 17.3. The van der Waals surface area contributed by atoms with Crippen LogP contribution in [-0.2, 0) is 9.53 Å². The first kappa shape index (κ1) is 20.6. The van der Waals surface area contributed by atoms with E-state index in [1.54, 1.807) is 38.3 Å². The number of methoxy groups -OCH3 is 1. The van der Waals surface area contributed by atoms with Crippen molar-refractivity contribution < 1.29 is 24.2 Å². The molecule has 152 valence electrons. The molecule has 0 amide bonds. The van der Waals surface area contributed by atoms with Crippen molar-refractivity contribution in [1.29, 1.82) is 0 Å². The second-order valence-corrected chi connectivity index (χ2v) is 8.67. The van der Waals surface area contributed by atoms with Crippen LogP contribution in [0.5, 0.6) is 5.75 Å². The van der Waals surface area contributed by atoms with Crippen molar-refractivity contribution in [2.75, 3.05) is 7.11 Å². The van der Waals surface area contributed by atoms with Crippen LogP contribution in [-0.4, -0.2) is 35.7 Å². The minimum absolute atomic E-state index is 0.0350. The predicted molar refractivity (Wildman–Crippen MR) is 106 cm³/mol. The van der Waals surface area contributed by atoms with Crippen LogP contribution in [0.25, 0.3) is 0 Å². The molecule has 5 heteroatoms. The normalized spacial score (nSPS) is 32.5. The molecule has 1 saturated carbocycles. The highest BCUT2D eigenvalue weighted by molar-refractivity contribution is 5.93. The van der Waals surface area contributed by atoms with Crippen LogP contribution >= 0.6 is 0 Å². The third kappa shape index (κ3) is 3.16. The van der Waals surface area contributed by atoms with E-state index >= 15 is 0 Å². The molecule has 0 unspecified atom stereocenters. The van der Waals surface area contributed by atoms with Gasteiger partial charge in [-0.25, -0.2) is 4.79 Å². The van der Waals surface area contributed by atoms with Crippen molar-refractivity contribution in [3.8, 4) is 5.75 Å². The van der Waals surface area contributed by atoms with Gasteiger partial charge in [0.05, 0.1) is 23.7 Å². The fourth-order valence-electron chi connectivity index (χ4n) is 4.80. The number of hydrogen-bond donors (Lipinski definition) is 1. The molecule has 0 saturated heterocycles. The number of aliphatic hydroxyl groups is 1. The van der Waals surface area contributed by atoms with Gasteiger partial charge in [-0.15, -0.1) is 0 Å². The summed E-state index contributed by atoms with van der Waals surface area (Å²) in [6.07, 6.45) is 2.54. The van der Waals surface area contributed by atoms with Crippen molar-refractivity contribution in [1.82, 2.24) is 0 Å². The van der Waals surface area contributed by atoms with Gasteiger partial charge in [0.1, 0.15) is 17.6 Å². The summed E-state index contributed by atoms with van der Waals surface area (Å²) in [7, 11) is 1.56. The Labute approximate surface area is 166 Å². The molecular weight excluding hydrogens is 356 g/mol. The summed E-state index contributed by atoms with van der Waals surface area (Å²) in [6, 6.07) is 6.66. The Balaban J connectivity index is 1.96. The Bertz CT molecular complexity index is 794. The lowest BCUT2D eigenvalue weighted by Gasteiger charge is -2.44. The number of hydrogen-bond acceptors (Lipinski definition) is 5. The molecule has 2 aliphatic carbocycles. The zero-order valence-electron chi connectivity index (χ0n) is 17.3. The summed E-state index contributed by atoms with van der Waals surface area (Å²) in [5.74, 6) is 0.114. The Hall–Kier alpha value is -2.14. The summed E-state index contributed by atoms with van der Waals surface area (Å²) in [6.45, 7) is 7.78. The van der Waals surface area contributed by atoms with Gasteiger partial charge in [-0.05, 0) is 68.9 Å². The largest absolute Gasteiger partial charge is 0.497 e. The first-order valence-electron chi connectivity index (χ1n) is 9.91. The smallest absolute Gasteiger partial charge is 0.338 e. The van der Waals surface area contributed by atoms with Gasteiger partial charge in [0.25, 0.3) is 0 Å². The SMILES string of the molecule is COc1ccc(C(=O)O[C@@H]2C=C(C)CC[C@]3(O)[C@H](C(C)C)CC(=O)[C@]23C)cc1. The molecular formula is C23H30O5. The maximum Gasteiger partial charge on any atom is 0.338 e. The predicted octanol–water partition coefficient (Wildman–Crippen LogP) is 3.94. The van der Waals surface area contributed by atoms with Gasteiger partial charge in [-0.2, -0.15) is 0 Å². The van der Waals surface area contributed by atoms with E-state index in [2.05, 4.69) is 0 Å². The Morgan fingerprint density at radius 3 is 2.46 bits per heavy atom. The Morgan fingerprint density at radius 1 is 1.25 bits per heavy atom. The molecule has 1 aromatic rings. The number of Topliss-reactive ketones (excluding diaryl/α,β-unsaturated/α-hetero) is 1. The molecule has 0 bridgehead atoms. The molecule has 28 heavy (non-hydrogen) atoms. The van der Waals surface area contributed by atoms with Crippen LogP contribution < -0.4 is 4.74 Å². The van der Waals surface area contributed by atoms with Gasteiger partial charge in [-0.1, -0.05) is 19.4 Å². The Kier molecular flexibility index (Phi) is 5.41. The van der Waals surface area contributed by atoms with E-state index in [-0.39, 0.29) is 17.6 Å². The van der Waals surface area contributed by atoms with Crippen LogP contribution in [0.2, 0.25) is 0 Å². The van der Waals surface area contributed by atoms with Crippen molar-refractivity contribution in [3.05, 3.63) is 41.5 Å². The van der Waals surface area contributed by atoms with Gasteiger partial charge >= 0.3 is 5.97 Å². The van der Waals surface area contributed by atoms with E-state index in [9.17, 15) is 14.7 Å². The molecule has 2 aliphatic rings. The van der Waals surface area contributed by atoms with Crippen LogP contribution in [0.3, 0.4) is 0 Å². The summed E-state index contributed by atoms with van der Waals surface area (Å²) in [5.41, 5.74) is -0.944. The average Bonchev–Trinajstić information content (AvgIpc) is 2.82. The number of ether oxygens (including phenoxy) is 2. The molecule has 0 aliphatic heterocycles. The van der Waals surface area contributed by atoms with E-state index in [4.69, 9.17) is 9.47 Å². The minimum atomic E-state index is -1.20. The topological polar surface area (TPSA) is 72.8 Å². The fraction of sp³-hybridized carbons (Fsp3) is 0.565. The fourth-order valence-corrected chi connectivity index (χ4v) is 4.80. The molecule has 1 fully saturated rings. The van der Waals surface area contributed by atoms with Crippen molar-refractivity contribution >= 4 is 11.8 Å². The molecule has 1 N–H and O–H groups in total. The highest BCUT2D eigenvalue weighted by Gasteiger charge is 2.66. The zero-order chi connectivity index (χ0) is 20.7. The first-order chi connectivity index (χ1) is 13.1. The van der Waals surface area contributed by atoms with Crippen LogP contribution in [0.15, 0.2) is 35.9 Å². The van der Waals surface area contributed by atoms with Crippen molar-refractivity contribution in [2.45, 2.75) is 58.7 Å². The van der Waals surface area contributed by atoms with Gasteiger partial charge in [0.2, 0.25) is 0 Å². The molecule has 0 heterocycles. The van der Waals surface area contributed by atoms with Gasteiger partial charge < -0.3 is 14.6 Å². The summed E-state index contributed by atoms with van der Waals surface area (Å²) >= 11 is 0. The van der Waals surface area contributed by atoms with E-state index in [1.807, 2.05) is 26.8 Å². The third-order valence-corrected chi connectivity index (χ3v) is 6.77. The first-order valence-corrected chi connectivity index (χ1v) is 9.91. The molecule has 0 radical (unpaired) electrons. The van der Waals surface area contributed by atoms with Crippen molar-refractivity contribution in [3.63, 3.8) is 0 Å². The molecule has 4 atom stereocenters. The highest BCUT2D eigenvalue weighted by Crippen LogP contribution is 2.56. The third-order valence-electron chi connectivity index (χ3n) is 6.77. The second-order valence-electron chi connectivity index (χ2n) is 8.67. The highest BCUT2D eigenvalue weighted by atomic mass is 16.5. The summed E-state index contributed by atoms with van der Waals surface area (Å²) in [4.78, 5) is 25.9. The summed E-state index contributed by atoms with van der Waals surface area (Å²) < 4.78 is 11.0. The number of carbonyl (C=O) groups excluding carboxylic acids is 2. The number of benzene rings is 1. The van der Waals surface area contributed by atoms with E-state index in [0.717, 1.165) is 5.57 Å². The lowest BCUT2D eigenvalue weighted by atomic mass is 9.65.